The molecule has 0 aliphatic carbocycles. The number of aromatic nitrogens is 3. The highest BCUT2D eigenvalue weighted by Gasteiger charge is 2.22. The third-order valence-electron chi connectivity index (χ3n) is 5.77. The Kier molecular flexibility index (Phi) is 8.62. The number of pyridine rings is 1. The van der Waals surface area contributed by atoms with Crippen molar-refractivity contribution in [3.8, 4) is 29.0 Å². The number of anilines is 2. The molecular weight excluding hydrogens is 502 g/mol. The minimum absolute atomic E-state index is 0.0829. The summed E-state index contributed by atoms with van der Waals surface area (Å²) in [6.45, 7) is 0.485. The zero-order valence-corrected chi connectivity index (χ0v) is 22.1. The molecule has 0 amide bonds. The summed E-state index contributed by atoms with van der Waals surface area (Å²) >= 11 is 0. The van der Waals surface area contributed by atoms with Crippen molar-refractivity contribution in [2.24, 2.45) is 0 Å². The van der Waals surface area contributed by atoms with Gasteiger partial charge in [0.1, 0.15) is 18.2 Å². The minimum Gasteiger partial charge on any atom is -0.495 e. The summed E-state index contributed by atoms with van der Waals surface area (Å²) in [4.78, 5) is 26.7. The summed E-state index contributed by atoms with van der Waals surface area (Å²) in [5, 5.41) is 3.22. The number of benzene rings is 2. The van der Waals surface area contributed by atoms with Crippen molar-refractivity contribution in [2.75, 3.05) is 39.5 Å². The summed E-state index contributed by atoms with van der Waals surface area (Å²) in [5.41, 5.74) is 8.55. The fourth-order valence-corrected chi connectivity index (χ4v) is 3.78. The highest BCUT2D eigenvalue weighted by molar-refractivity contribution is 6.12. The van der Waals surface area contributed by atoms with Crippen LogP contribution in [0.25, 0.3) is 0 Å². The fraction of sp³-hybridized carbons (Fsp3) is 0.214. The van der Waals surface area contributed by atoms with Crippen molar-refractivity contribution in [1.29, 1.82) is 0 Å². The molecule has 2 aromatic heterocycles. The molecule has 3 N–H and O–H groups in total. The number of nitrogens with one attached hydrogen (secondary N) is 1. The van der Waals surface area contributed by atoms with Gasteiger partial charge in [-0.05, 0) is 42.0 Å². The van der Waals surface area contributed by atoms with Crippen LogP contribution < -0.4 is 34.7 Å². The van der Waals surface area contributed by atoms with Crippen molar-refractivity contribution in [2.45, 2.75) is 13.2 Å². The van der Waals surface area contributed by atoms with Crippen molar-refractivity contribution in [1.82, 2.24) is 15.0 Å². The van der Waals surface area contributed by atoms with Gasteiger partial charge in [-0.2, -0.15) is 4.98 Å². The van der Waals surface area contributed by atoms with E-state index < -0.39 is 0 Å². The summed E-state index contributed by atoms with van der Waals surface area (Å²) in [5.74, 6) is 1.53. The molecule has 0 aliphatic rings. The smallest absolute Gasteiger partial charge is 0.318 e. The second kappa shape index (κ2) is 12.5. The Balaban J connectivity index is 1.68. The van der Waals surface area contributed by atoms with Crippen LogP contribution in [0.1, 0.15) is 27.2 Å². The lowest BCUT2D eigenvalue weighted by Crippen LogP contribution is -2.13. The Labute approximate surface area is 225 Å². The number of nitrogens with two attached hydrogens (primary N) is 1. The highest BCUT2D eigenvalue weighted by atomic mass is 16.5. The van der Waals surface area contributed by atoms with Crippen LogP contribution in [0.3, 0.4) is 0 Å². The van der Waals surface area contributed by atoms with E-state index in [1.54, 1.807) is 31.5 Å². The molecule has 0 bridgehead atoms. The Bertz CT molecular complexity index is 1420. The fourth-order valence-electron chi connectivity index (χ4n) is 3.78. The summed E-state index contributed by atoms with van der Waals surface area (Å²) < 4.78 is 27.3. The second-order valence-electron chi connectivity index (χ2n) is 8.20. The summed E-state index contributed by atoms with van der Waals surface area (Å²) in [7, 11) is 6.01. The number of hydrogen-bond donors (Lipinski definition) is 2. The number of carbonyl (C=O) groups is 1. The average molecular weight is 532 g/mol. The number of carbonyl (C=O) groups excluding carboxylic acids is 1. The molecule has 0 aliphatic heterocycles. The van der Waals surface area contributed by atoms with Gasteiger partial charge in [-0.25, -0.2) is 4.98 Å². The van der Waals surface area contributed by atoms with Crippen LogP contribution in [0.15, 0.2) is 60.9 Å². The van der Waals surface area contributed by atoms with E-state index in [1.165, 1.54) is 27.5 Å². The SMILES string of the molecule is COc1cc(CNc2nc(OCc3ccccn3)ncc2C(=O)c2cc(OC)c(OC)c(OC)c2)ccc1N. The van der Waals surface area contributed by atoms with Crippen LogP contribution in [0.5, 0.6) is 29.0 Å². The molecule has 0 fully saturated rings. The monoisotopic (exact) mass is 531 g/mol. The molecule has 0 spiro atoms. The predicted octanol–water partition coefficient (Wildman–Crippen LogP) is 3.91. The lowest BCUT2D eigenvalue weighted by Gasteiger charge is -2.15. The van der Waals surface area contributed by atoms with Crippen LogP contribution in [-0.4, -0.2) is 49.2 Å². The van der Waals surface area contributed by atoms with E-state index in [9.17, 15) is 4.79 Å². The average Bonchev–Trinajstić information content (AvgIpc) is 2.98. The van der Waals surface area contributed by atoms with Crippen LogP contribution >= 0.6 is 0 Å². The van der Waals surface area contributed by atoms with Crippen molar-refractivity contribution >= 4 is 17.3 Å². The Hall–Kier alpha value is -5.06. The van der Waals surface area contributed by atoms with Gasteiger partial charge in [-0.1, -0.05) is 12.1 Å². The van der Waals surface area contributed by atoms with Crippen molar-refractivity contribution < 1.29 is 28.5 Å². The number of ether oxygens (including phenoxy) is 5. The maximum Gasteiger partial charge on any atom is 0.318 e. The van der Waals surface area contributed by atoms with Crippen LogP contribution in [0, 0.1) is 0 Å². The highest BCUT2D eigenvalue weighted by Crippen LogP contribution is 2.39. The van der Waals surface area contributed by atoms with Crippen LogP contribution in [-0.2, 0) is 13.2 Å². The molecule has 2 aromatic carbocycles. The quantitative estimate of drug-likeness (QED) is 0.203. The number of ketones is 1. The molecule has 39 heavy (non-hydrogen) atoms. The zero-order valence-electron chi connectivity index (χ0n) is 22.1. The number of nitrogen functional groups attached to an aromatic ring is 1. The number of methoxy groups -OCH3 is 4. The minimum atomic E-state index is -0.358. The van der Waals surface area contributed by atoms with Gasteiger partial charge < -0.3 is 34.7 Å². The van der Waals surface area contributed by atoms with Crippen molar-refractivity contribution in [3.63, 3.8) is 0 Å². The second-order valence-corrected chi connectivity index (χ2v) is 8.20. The Morgan fingerprint density at radius 1 is 0.897 bits per heavy atom. The molecule has 0 saturated carbocycles. The molecule has 11 nitrogen and oxygen atoms in total. The number of hydrogen-bond acceptors (Lipinski definition) is 11. The molecule has 202 valence electrons. The molecule has 0 saturated heterocycles. The normalized spacial score (nSPS) is 10.5. The molecule has 0 unspecified atom stereocenters. The molecule has 11 heteroatoms. The first kappa shape index (κ1) is 27.0. The van der Waals surface area contributed by atoms with Gasteiger partial charge in [0.2, 0.25) is 5.75 Å². The van der Waals surface area contributed by atoms with Gasteiger partial charge in [0.25, 0.3) is 0 Å². The lowest BCUT2D eigenvalue weighted by molar-refractivity contribution is 0.103. The Morgan fingerprint density at radius 2 is 1.64 bits per heavy atom. The molecular formula is C28H29N5O6. The largest absolute Gasteiger partial charge is 0.495 e. The molecule has 0 atom stereocenters. The predicted molar refractivity (Wildman–Crippen MR) is 145 cm³/mol. The van der Waals surface area contributed by atoms with Crippen LogP contribution in [0.2, 0.25) is 0 Å². The van der Waals surface area contributed by atoms with Gasteiger partial charge in [0.15, 0.2) is 17.3 Å². The van der Waals surface area contributed by atoms with E-state index in [0.717, 1.165) is 5.56 Å². The first-order valence-corrected chi connectivity index (χ1v) is 11.9. The first-order chi connectivity index (χ1) is 19.0. The van der Waals surface area contributed by atoms with E-state index in [2.05, 4.69) is 20.3 Å². The summed E-state index contributed by atoms with van der Waals surface area (Å²) in [6, 6.07) is 14.1. The molecule has 4 rings (SSSR count). The number of nitrogens with zero attached hydrogens (tertiary/aromatic N) is 3. The van der Waals surface area contributed by atoms with Crippen molar-refractivity contribution in [3.05, 3.63) is 83.3 Å². The van der Waals surface area contributed by atoms with Crippen LogP contribution in [0.4, 0.5) is 11.5 Å². The zero-order chi connectivity index (χ0) is 27.8. The Morgan fingerprint density at radius 3 is 2.28 bits per heavy atom. The molecule has 4 aromatic rings. The lowest BCUT2D eigenvalue weighted by atomic mass is 10.0. The van der Waals surface area contributed by atoms with E-state index in [4.69, 9.17) is 29.4 Å². The standard InChI is InChI=1S/C28H29N5O6/c1-35-22-11-17(8-9-21(22)29)14-31-27-20(15-32-28(33-27)39-16-19-7-5-6-10-30-19)25(34)18-12-23(36-2)26(38-4)24(13-18)37-3/h5-13,15H,14,16,29H2,1-4H3,(H,31,32,33). The maximum atomic E-state index is 13.7. The first-order valence-electron chi connectivity index (χ1n) is 11.9. The van der Waals surface area contributed by atoms with E-state index in [-0.39, 0.29) is 29.8 Å². The summed E-state index contributed by atoms with van der Waals surface area (Å²) in [6.07, 6.45) is 3.09. The maximum absolute atomic E-state index is 13.7. The van der Waals surface area contributed by atoms with E-state index >= 15 is 0 Å². The molecule has 2 heterocycles. The van der Waals surface area contributed by atoms with Gasteiger partial charge in [-0.15, -0.1) is 0 Å². The van der Waals surface area contributed by atoms with E-state index in [1.807, 2.05) is 30.3 Å². The number of rotatable bonds is 12. The van der Waals surface area contributed by atoms with Gasteiger partial charge in [0.05, 0.1) is 45.4 Å². The third kappa shape index (κ3) is 6.27. The third-order valence-corrected chi connectivity index (χ3v) is 5.77. The topological polar surface area (TPSA) is 140 Å². The van der Waals surface area contributed by atoms with Gasteiger partial charge >= 0.3 is 6.01 Å². The van der Waals surface area contributed by atoms with Gasteiger partial charge in [0, 0.05) is 24.5 Å². The van der Waals surface area contributed by atoms with Gasteiger partial charge in [-0.3, -0.25) is 9.78 Å². The van der Waals surface area contributed by atoms with E-state index in [0.29, 0.717) is 46.5 Å². The molecule has 0 radical (unpaired) electrons.